The highest BCUT2D eigenvalue weighted by molar-refractivity contribution is 9.11. The van der Waals surface area contributed by atoms with Crippen LogP contribution in [0.15, 0.2) is 22.2 Å². The Hall–Kier alpha value is -2.33. The molecule has 1 amide bonds. The predicted molar refractivity (Wildman–Crippen MR) is 82.8 cm³/mol. The van der Waals surface area contributed by atoms with Crippen LogP contribution in [0.5, 0.6) is 17.2 Å². The monoisotopic (exact) mass is 384 g/mol. The molecule has 0 radical (unpaired) electrons. The number of aromatic hydroxyl groups is 2. The number of nitrogens with zero attached hydrogens (tertiary/aromatic N) is 3. The largest absolute Gasteiger partial charge is 0.505 e. The fourth-order valence-corrected chi connectivity index (χ4v) is 3.01. The summed E-state index contributed by atoms with van der Waals surface area (Å²) in [6.45, 7) is 0. The quantitative estimate of drug-likeness (QED) is 0.597. The fraction of sp³-hybridized carbons (Fsp3) is 0.0833. The van der Waals surface area contributed by atoms with Crippen LogP contribution in [-0.4, -0.2) is 37.8 Å². The van der Waals surface area contributed by atoms with E-state index in [-0.39, 0.29) is 28.6 Å². The molecule has 0 saturated heterocycles. The van der Waals surface area contributed by atoms with E-state index >= 15 is 0 Å². The summed E-state index contributed by atoms with van der Waals surface area (Å²) < 4.78 is 7.00. The fourth-order valence-electron chi connectivity index (χ4n) is 1.80. The molecule has 0 aliphatic rings. The minimum atomic E-state index is -0.579. The van der Waals surface area contributed by atoms with Crippen LogP contribution >= 0.6 is 27.3 Å². The van der Waals surface area contributed by atoms with Gasteiger partial charge in [-0.2, -0.15) is 0 Å². The number of nitrogens with one attached hydrogen (secondary N) is 1. The average molecular weight is 385 g/mol. The molecule has 1 aromatic carbocycles. The van der Waals surface area contributed by atoms with Gasteiger partial charge in [0.2, 0.25) is 4.96 Å². The number of rotatable bonds is 3. The van der Waals surface area contributed by atoms with E-state index in [1.165, 1.54) is 41.3 Å². The Morgan fingerprint density at radius 1 is 1.41 bits per heavy atom. The number of hydrogen-bond donors (Lipinski definition) is 3. The van der Waals surface area contributed by atoms with Crippen LogP contribution in [0.3, 0.4) is 0 Å². The minimum Gasteiger partial charge on any atom is -0.505 e. The second-order valence-electron chi connectivity index (χ2n) is 4.20. The van der Waals surface area contributed by atoms with Crippen molar-refractivity contribution in [3.05, 3.63) is 27.9 Å². The van der Waals surface area contributed by atoms with Crippen LogP contribution in [0, 0.1) is 0 Å². The third kappa shape index (κ3) is 2.57. The van der Waals surface area contributed by atoms with Crippen molar-refractivity contribution in [2.45, 2.75) is 0 Å². The number of fused-ring (bicyclic) bond motifs is 1. The van der Waals surface area contributed by atoms with Crippen LogP contribution in [0.25, 0.3) is 4.96 Å². The van der Waals surface area contributed by atoms with Gasteiger partial charge in [0.25, 0.3) is 5.91 Å². The van der Waals surface area contributed by atoms with Gasteiger partial charge in [0.15, 0.2) is 3.92 Å². The van der Waals surface area contributed by atoms with Crippen LogP contribution in [0.4, 0.5) is 5.69 Å². The molecule has 0 saturated carbocycles. The first-order chi connectivity index (χ1) is 10.5. The number of anilines is 1. The van der Waals surface area contributed by atoms with E-state index < -0.39 is 5.91 Å². The lowest BCUT2D eigenvalue weighted by molar-refractivity contribution is 0.102. The molecule has 22 heavy (non-hydrogen) atoms. The summed E-state index contributed by atoms with van der Waals surface area (Å²) in [6.07, 6.45) is 1.45. The highest BCUT2D eigenvalue weighted by Gasteiger charge is 2.18. The van der Waals surface area contributed by atoms with Crippen LogP contribution in [0.2, 0.25) is 0 Å². The first-order valence-electron chi connectivity index (χ1n) is 5.91. The molecule has 2 heterocycles. The van der Waals surface area contributed by atoms with Gasteiger partial charge in [-0.15, -0.1) is 5.10 Å². The molecule has 0 bridgehead atoms. The van der Waals surface area contributed by atoms with Gasteiger partial charge in [0.1, 0.15) is 28.6 Å². The van der Waals surface area contributed by atoms with E-state index in [0.717, 1.165) is 0 Å². The Balaban J connectivity index is 1.89. The van der Waals surface area contributed by atoms with Crippen molar-refractivity contribution in [3.8, 4) is 17.2 Å². The van der Waals surface area contributed by atoms with E-state index in [1.54, 1.807) is 0 Å². The van der Waals surface area contributed by atoms with E-state index in [9.17, 15) is 15.0 Å². The maximum Gasteiger partial charge on any atom is 0.276 e. The van der Waals surface area contributed by atoms with E-state index in [2.05, 4.69) is 31.3 Å². The van der Waals surface area contributed by atoms with Gasteiger partial charge in [0, 0.05) is 12.1 Å². The van der Waals surface area contributed by atoms with Gasteiger partial charge < -0.3 is 20.3 Å². The van der Waals surface area contributed by atoms with Crippen molar-refractivity contribution in [2.24, 2.45) is 0 Å². The summed E-state index contributed by atoms with van der Waals surface area (Å²) in [6, 6.07) is 2.56. The molecule has 3 aromatic rings. The normalized spacial score (nSPS) is 10.8. The first-order valence-corrected chi connectivity index (χ1v) is 7.52. The summed E-state index contributed by atoms with van der Waals surface area (Å²) in [7, 11) is 1.40. The van der Waals surface area contributed by atoms with Crippen molar-refractivity contribution < 1.29 is 19.7 Å². The third-order valence-electron chi connectivity index (χ3n) is 2.80. The number of phenols is 2. The highest BCUT2D eigenvalue weighted by atomic mass is 79.9. The minimum absolute atomic E-state index is 0.112. The molecule has 3 rings (SSSR count). The zero-order chi connectivity index (χ0) is 15.9. The van der Waals surface area contributed by atoms with Gasteiger partial charge in [-0.25, -0.2) is 9.50 Å². The Kier molecular flexibility index (Phi) is 3.62. The lowest BCUT2D eigenvalue weighted by atomic mass is 10.2. The lowest BCUT2D eigenvalue weighted by Crippen LogP contribution is -2.12. The number of amides is 1. The van der Waals surface area contributed by atoms with Gasteiger partial charge in [-0.05, 0) is 15.9 Å². The number of carbonyl (C=O) groups is 1. The SMILES string of the molecule is COc1cc(O)c(NC(=O)c2cn3nc(Br)sc3n2)c(O)c1. The lowest BCUT2D eigenvalue weighted by Gasteiger charge is -2.10. The van der Waals surface area contributed by atoms with Crippen molar-refractivity contribution in [1.82, 2.24) is 14.6 Å². The van der Waals surface area contributed by atoms with Gasteiger partial charge >= 0.3 is 0 Å². The molecule has 0 aliphatic carbocycles. The van der Waals surface area contributed by atoms with E-state index in [0.29, 0.717) is 8.88 Å². The van der Waals surface area contributed by atoms with Crippen LogP contribution in [-0.2, 0) is 0 Å². The predicted octanol–water partition coefficient (Wildman–Crippen LogP) is 2.23. The second kappa shape index (κ2) is 5.46. The summed E-state index contributed by atoms with van der Waals surface area (Å²) in [5, 5.41) is 26.2. The first kappa shape index (κ1) is 14.6. The Labute approximate surface area is 136 Å². The smallest absolute Gasteiger partial charge is 0.276 e. The molecule has 8 nitrogen and oxygen atoms in total. The van der Waals surface area contributed by atoms with Crippen molar-refractivity contribution in [3.63, 3.8) is 0 Å². The molecule has 2 aromatic heterocycles. The number of carbonyl (C=O) groups excluding carboxylic acids is 1. The van der Waals surface area contributed by atoms with Gasteiger partial charge in [-0.1, -0.05) is 11.3 Å². The van der Waals surface area contributed by atoms with E-state index in [4.69, 9.17) is 4.74 Å². The maximum atomic E-state index is 12.2. The molecule has 0 aliphatic heterocycles. The molecular formula is C12H9BrN4O4S. The number of phenolic OH excluding ortho intramolecular Hbond substituents is 2. The number of hydrogen-bond acceptors (Lipinski definition) is 7. The van der Waals surface area contributed by atoms with Crippen molar-refractivity contribution in [1.29, 1.82) is 0 Å². The molecule has 0 spiro atoms. The van der Waals surface area contributed by atoms with Crippen molar-refractivity contribution in [2.75, 3.05) is 12.4 Å². The Morgan fingerprint density at radius 2 is 2.09 bits per heavy atom. The summed E-state index contributed by atoms with van der Waals surface area (Å²) in [4.78, 5) is 16.8. The summed E-state index contributed by atoms with van der Waals surface area (Å²) in [5.74, 6) is -0.937. The third-order valence-corrected chi connectivity index (χ3v) is 4.15. The molecule has 0 fully saturated rings. The number of benzene rings is 1. The van der Waals surface area contributed by atoms with Gasteiger partial charge in [-0.3, -0.25) is 4.79 Å². The number of aromatic nitrogens is 3. The molecule has 0 atom stereocenters. The zero-order valence-electron chi connectivity index (χ0n) is 11.1. The average Bonchev–Trinajstić information content (AvgIpc) is 2.99. The summed E-state index contributed by atoms with van der Waals surface area (Å²) >= 11 is 4.49. The maximum absolute atomic E-state index is 12.2. The Bertz CT molecular complexity index is 821. The zero-order valence-corrected chi connectivity index (χ0v) is 13.5. The summed E-state index contributed by atoms with van der Waals surface area (Å²) in [5.41, 5.74) is -0.00263. The molecule has 0 unspecified atom stereocenters. The standard InChI is InChI=1S/C12H9BrN4O4S/c1-21-5-2-7(18)9(8(19)3-5)15-10(20)6-4-17-12(14-6)22-11(13)16-17/h2-4,18-19H,1H3,(H,15,20). The van der Waals surface area contributed by atoms with Crippen LogP contribution in [0.1, 0.15) is 10.5 Å². The van der Waals surface area contributed by atoms with Crippen LogP contribution < -0.4 is 10.1 Å². The number of ether oxygens (including phenoxy) is 1. The Morgan fingerprint density at radius 3 is 2.68 bits per heavy atom. The topological polar surface area (TPSA) is 109 Å². The molecule has 114 valence electrons. The highest BCUT2D eigenvalue weighted by Crippen LogP contribution is 2.37. The van der Waals surface area contributed by atoms with Crippen molar-refractivity contribution >= 4 is 43.8 Å². The van der Waals surface area contributed by atoms with Gasteiger partial charge in [0.05, 0.1) is 13.3 Å². The number of methoxy groups -OCH3 is 1. The molecule has 10 heteroatoms. The second-order valence-corrected chi connectivity index (χ2v) is 6.44. The molecular weight excluding hydrogens is 376 g/mol. The molecule has 3 N–H and O–H groups in total. The number of imidazole rings is 1. The number of halogens is 1. The van der Waals surface area contributed by atoms with E-state index in [1.807, 2.05) is 0 Å².